The fourth-order valence-corrected chi connectivity index (χ4v) is 2.12. The summed E-state index contributed by atoms with van der Waals surface area (Å²) in [6.07, 6.45) is 1.60. The van der Waals surface area contributed by atoms with E-state index in [9.17, 15) is 5.26 Å². The first kappa shape index (κ1) is 15.4. The number of hydrogen-bond acceptors (Lipinski definition) is 5. The standard InChI is InChI=1S/C14H22N4O/c1-5-11-12(10-15)14(17-16-13(11)6-2)18(7-3)8-9-19-4/h5-9H2,1-4H3. The van der Waals surface area contributed by atoms with E-state index in [1.807, 2.05) is 25.7 Å². The molecule has 1 aromatic rings. The summed E-state index contributed by atoms with van der Waals surface area (Å²) >= 11 is 0. The zero-order chi connectivity index (χ0) is 14.3. The minimum atomic E-state index is 0.609. The Kier molecular flexibility index (Phi) is 6.23. The van der Waals surface area contributed by atoms with Gasteiger partial charge in [0.25, 0.3) is 0 Å². The molecule has 5 nitrogen and oxygen atoms in total. The predicted molar refractivity (Wildman–Crippen MR) is 75.3 cm³/mol. The van der Waals surface area contributed by atoms with Crippen molar-refractivity contribution in [1.82, 2.24) is 10.2 Å². The van der Waals surface area contributed by atoms with Crippen molar-refractivity contribution in [3.05, 3.63) is 16.8 Å². The lowest BCUT2D eigenvalue weighted by Crippen LogP contribution is -2.29. The molecule has 1 rings (SSSR count). The molecular formula is C14H22N4O. The van der Waals surface area contributed by atoms with Gasteiger partial charge in [0, 0.05) is 20.2 Å². The van der Waals surface area contributed by atoms with Crippen LogP contribution in [0.5, 0.6) is 0 Å². The Labute approximate surface area is 115 Å². The second-order valence-corrected chi connectivity index (χ2v) is 4.22. The smallest absolute Gasteiger partial charge is 0.169 e. The molecule has 0 aromatic carbocycles. The Balaban J connectivity index is 3.23. The molecule has 104 valence electrons. The van der Waals surface area contributed by atoms with E-state index in [1.54, 1.807) is 7.11 Å². The Hall–Kier alpha value is -1.67. The topological polar surface area (TPSA) is 62.0 Å². The van der Waals surface area contributed by atoms with Gasteiger partial charge in [-0.25, -0.2) is 0 Å². The lowest BCUT2D eigenvalue weighted by Gasteiger charge is -2.23. The molecule has 0 saturated heterocycles. The van der Waals surface area contributed by atoms with E-state index in [-0.39, 0.29) is 0 Å². The number of anilines is 1. The second-order valence-electron chi connectivity index (χ2n) is 4.22. The number of methoxy groups -OCH3 is 1. The van der Waals surface area contributed by atoms with Crippen LogP contribution in [0.1, 0.15) is 37.6 Å². The van der Waals surface area contributed by atoms with Crippen LogP contribution in [0.4, 0.5) is 5.82 Å². The summed E-state index contributed by atoms with van der Waals surface area (Å²) in [6, 6.07) is 2.30. The molecule has 0 amide bonds. The van der Waals surface area contributed by atoms with Gasteiger partial charge in [0.1, 0.15) is 11.6 Å². The van der Waals surface area contributed by atoms with Crippen LogP contribution in [0.25, 0.3) is 0 Å². The molecule has 0 radical (unpaired) electrons. The summed E-state index contributed by atoms with van der Waals surface area (Å²) in [6.45, 7) is 8.22. The maximum absolute atomic E-state index is 9.44. The first-order valence-electron chi connectivity index (χ1n) is 6.75. The summed E-state index contributed by atoms with van der Waals surface area (Å²) in [5, 5.41) is 18.0. The fraction of sp³-hybridized carbons (Fsp3) is 0.643. The minimum Gasteiger partial charge on any atom is -0.383 e. The van der Waals surface area contributed by atoms with Crippen LogP contribution in [0.2, 0.25) is 0 Å². The first-order valence-corrected chi connectivity index (χ1v) is 6.75. The fourth-order valence-electron chi connectivity index (χ4n) is 2.12. The monoisotopic (exact) mass is 262 g/mol. The predicted octanol–water partition coefficient (Wildman–Crippen LogP) is 1.95. The molecule has 5 heteroatoms. The van der Waals surface area contributed by atoms with Gasteiger partial charge in [-0.05, 0) is 25.3 Å². The van der Waals surface area contributed by atoms with E-state index in [4.69, 9.17) is 4.74 Å². The van der Waals surface area contributed by atoms with Crippen LogP contribution >= 0.6 is 0 Å². The van der Waals surface area contributed by atoms with Gasteiger partial charge in [0.15, 0.2) is 5.82 Å². The van der Waals surface area contributed by atoms with Gasteiger partial charge in [-0.3, -0.25) is 0 Å². The molecule has 19 heavy (non-hydrogen) atoms. The van der Waals surface area contributed by atoms with E-state index >= 15 is 0 Å². The highest BCUT2D eigenvalue weighted by Crippen LogP contribution is 2.22. The van der Waals surface area contributed by atoms with E-state index in [0.29, 0.717) is 24.5 Å². The molecule has 0 atom stereocenters. The van der Waals surface area contributed by atoms with Crippen LogP contribution < -0.4 is 4.90 Å². The molecule has 1 aromatic heterocycles. The molecule has 0 aliphatic carbocycles. The number of hydrogen-bond donors (Lipinski definition) is 0. The molecule has 0 bridgehead atoms. The average Bonchev–Trinajstić information content (AvgIpc) is 2.46. The molecular weight excluding hydrogens is 240 g/mol. The number of nitriles is 1. The molecule has 0 aliphatic heterocycles. The Bertz CT molecular complexity index is 453. The molecule has 0 spiro atoms. The molecule has 1 heterocycles. The van der Waals surface area contributed by atoms with Gasteiger partial charge in [-0.15, -0.1) is 5.10 Å². The molecule has 0 unspecified atom stereocenters. The summed E-state index contributed by atoms with van der Waals surface area (Å²) in [5.41, 5.74) is 2.60. The van der Waals surface area contributed by atoms with Crippen LogP contribution in [-0.2, 0) is 17.6 Å². The summed E-state index contributed by atoms with van der Waals surface area (Å²) in [4.78, 5) is 2.04. The zero-order valence-electron chi connectivity index (χ0n) is 12.2. The highest BCUT2D eigenvalue weighted by Gasteiger charge is 2.18. The van der Waals surface area contributed by atoms with Crippen molar-refractivity contribution in [3.63, 3.8) is 0 Å². The number of likely N-dealkylation sites (N-methyl/N-ethyl adjacent to an activating group) is 1. The summed E-state index contributed by atoms with van der Waals surface area (Å²) in [5.74, 6) is 0.677. The Morgan fingerprint density at radius 1 is 1.21 bits per heavy atom. The molecule has 0 saturated carbocycles. The summed E-state index contributed by atoms with van der Waals surface area (Å²) in [7, 11) is 1.67. The van der Waals surface area contributed by atoms with E-state index in [1.165, 1.54) is 0 Å². The van der Waals surface area contributed by atoms with Crippen LogP contribution in [0.15, 0.2) is 0 Å². The van der Waals surface area contributed by atoms with Gasteiger partial charge in [-0.2, -0.15) is 10.4 Å². The Morgan fingerprint density at radius 2 is 1.95 bits per heavy atom. The van der Waals surface area contributed by atoms with Crippen molar-refractivity contribution in [1.29, 1.82) is 5.26 Å². The lowest BCUT2D eigenvalue weighted by atomic mass is 10.0. The second kappa shape index (κ2) is 7.70. The lowest BCUT2D eigenvalue weighted by molar-refractivity contribution is 0.205. The summed E-state index contributed by atoms with van der Waals surface area (Å²) < 4.78 is 5.10. The van der Waals surface area contributed by atoms with Crippen molar-refractivity contribution < 1.29 is 4.74 Å². The van der Waals surface area contributed by atoms with Crippen molar-refractivity contribution >= 4 is 5.82 Å². The number of ether oxygens (including phenoxy) is 1. The third-order valence-electron chi connectivity index (χ3n) is 3.19. The van der Waals surface area contributed by atoms with Gasteiger partial charge in [0.2, 0.25) is 0 Å². The van der Waals surface area contributed by atoms with E-state index in [0.717, 1.165) is 30.6 Å². The largest absolute Gasteiger partial charge is 0.383 e. The van der Waals surface area contributed by atoms with Crippen molar-refractivity contribution in [2.45, 2.75) is 33.6 Å². The third-order valence-corrected chi connectivity index (χ3v) is 3.19. The van der Waals surface area contributed by atoms with E-state index in [2.05, 4.69) is 16.3 Å². The number of aromatic nitrogens is 2. The third kappa shape index (κ3) is 3.42. The van der Waals surface area contributed by atoms with Gasteiger partial charge >= 0.3 is 0 Å². The van der Waals surface area contributed by atoms with Crippen LogP contribution in [-0.4, -0.2) is 37.0 Å². The maximum atomic E-state index is 9.44. The van der Waals surface area contributed by atoms with Gasteiger partial charge in [-0.1, -0.05) is 13.8 Å². The minimum absolute atomic E-state index is 0.609. The SMILES string of the molecule is CCc1nnc(N(CC)CCOC)c(C#N)c1CC. The van der Waals surface area contributed by atoms with Gasteiger partial charge < -0.3 is 9.64 Å². The van der Waals surface area contributed by atoms with Crippen molar-refractivity contribution in [2.24, 2.45) is 0 Å². The highest BCUT2D eigenvalue weighted by atomic mass is 16.5. The van der Waals surface area contributed by atoms with Crippen LogP contribution in [0.3, 0.4) is 0 Å². The molecule has 0 fully saturated rings. The Morgan fingerprint density at radius 3 is 2.42 bits per heavy atom. The van der Waals surface area contributed by atoms with Crippen molar-refractivity contribution in [3.8, 4) is 6.07 Å². The molecule has 0 aliphatic rings. The number of rotatable bonds is 7. The molecule has 0 N–H and O–H groups in total. The highest BCUT2D eigenvalue weighted by molar-refractivity contribution is 5.58. The van der Waals surface area contributed by atoms with Gasteiger partial charge in [0.05, 0.1) is 12.3 Å². The first-order chi connectivity index (χ1) is 9.23. The number of aryl methyl sites for hydroxylation is 1. The number of nitrogens with zero attached hydrogens (tertiary/aromatic N) is 4. The van der Waals surface area contributed by atoms with E-state index < -0.39 is 0 Å². The van der Waals surface area contributed by atoms with Crippen LogP contribution in [0, 0.1) is 11.3 Å². The zero-order valence-corrected chi connectivity index (χ0v) is 12.2. The quantitative estimate of drug-likeness (QED) is 0.751. The maximum Gasteiger partial charge on any atom is 0.169 e. The average molecular weight is 262 g/mol. The normalized spacial score (nSPS) is 10.3. The van der Waals surface area contributed by atoms with Crippen molar-refractivity contribution in [2.75, 3.05) is 31.7 Å².